The summed E-state index contributed by atoms with van der Waals surface area (Å²) in [5.41, 5.74) is 17.3. The summed E-state index contributed by atoms with van der Waals surface area (Å²) in [6.07, 6.45) is 0. The monoisotopic (exact) mass is 1150 g/mol. The van der Waals surface area contributed by atoms with E-state index in [1.165, 1.54) is 143 Å². The molecule has 8 nitrogen and oxygen atoms in total. The Morgan fingerprint density at radius 2 is 0.500 bits per heavy atom. The van der Waals surface area contributed by atoms with Crippen molar-refractivity contribution in [2.24, 2.45) is 0 Å². The Balaban J connectivity index is 0.584. The van der Waals surface area contributed by atoms with Gasteiger partial charge in [-0.3, -0.25) is 0 Å². The quantitative estimate of drug-likeness (QED) is 0.0438. The van der Waals surface area contributed by atoms with E-state index in [9.17, 15) is 0 Å². The van der Waals surface area contributed by atoms with Crippen LogP contribution in [0.15, 0.2) is 206 Å². The van der Waals surface area contributed by atoms with Gasteiger partial charge in [0.2, 0.25) is 0 Å². The Kier molecular flexibility index (Phi) is 13.9. The van der Waals surface area contributed by atoms with E-state index in [2.05, 4.69) is 206 Å². The molecule has 0 fully saturated rings. The third kappa shape index (κ3) is 9.03. The number of rotatable bonds is 24. The molecule has 13 aromatic carbocycles. The van der Waals surface area contributed by atoms with Crippen molar-refractivity contribution in [3.8, 4) is 11.5 Å². The predicted molar refractivity (Wildman–Crippen MR) is 350 cm³/mol. The first-order valence-corrected chi connectivity index (χ1v) is 31.4. The molecule has 8 heteroatoms. The van der Waals surface area contributed by atoms with E-state index < -0.39 is 0 Å². The molecule has 4 atom stereocenters. The molecular formula is C80H66O8. The van der Waals surface area contributed by atoms with Gasteiger partial charge in [-0.1, -0.05) is 206 Å². The molecule has 0 saturated heterocycles. The number of hydrogen-bond donors (Lipinski definition) is 0. The molecule has 23 rings (SSSR count). The fraction of sp³-hybridized carbons (Fsp3) is 0.225. The largest absolute Gasteiger partial charge is 0.491 e. The van der Waals surface area contributed by atoms with Crippen molar-refractivity contribution in [3.63, 3.8) is 0 Å². The van der Waals surface area contributed by atoms with Gasteiger partial charge in [-0.05, 0) is 120 Å². The Labute approximate surface area is 511 Å². The summed E-state index contributed by atoms with van der Waals surface area (Å²) >= 11 is 0. The zero-order valence-electron chi connectivity index (χ0n) is 49.1. The molecule has 88 heavy (non-hydrogen) atoms. The smallest absolute Gasteiger partial charge is 0.128 e. The van der Waals surface area contributed by atoms with Crippen LogP contribution in [0.4, 0.5) is 0 Å². The van der Waals surface area contributed by atoms with Crippen molar-refractivity contribution >= 4 is 64.6 Å². The molecule has 8 bridgehead atoms. The maximum atomic E-state index is 7.41. The lowest BCUT2D eigenvalue weighted by Crippen LogP contribution is -2.30. The molecule has 0 aliphatic heterocycles. The van der Waals surface area contributed by atoms with E-state index >= 15 is 0 Å². The molecule has 0 amide bonds. The highest BCUT2D eigenvalue weighted by Gasteiger charge is 2.48. The Morgan fingerprint density at radius 1 is 0.227 bits per heavy atom. The molecule has 0 radical (unpaired) electrons. The van der Waals surface area contributed by atoms with Crippen LogP contribution in [0.2, 0.25) is 0 Å². The summed E-state index contributed by atoms with van der Waals surface area (Å²) in [5.74, 6) is 1.58. The highest BCUT2D eigenvalue weighted by Crippen LogP contribution is 2.64. The van der Waals surface area contributed by atoms with E-state index in [0.717, 1.165) is 11.5 Å². The number of ether oxygens (including phenoxy) is 8. The van der Waals surface area contributed by atoms with Gasteiger partial charge in [-0.25, -0.2) is 0 Å². The fourth-order valence-corrected chi connectivity index (χ4v) is 15.6. The predicted octanol–water partition coefficient (Wildman–Crippen LogP) is 16.7. The minimum Gasteiger partial charge on any atom is -0.491 e. The Morgan fingerprint density at radius 3 is 0.830 bits per heavy atom. The van der Waals surface area contributed by atoms with Crippen molar-refractivity contribution in [1.29, 1.82) is 0 Å². The van der Waals surface area contributed by atoms with Crippen LogP contribution in [0.3, 0.4) is 0 Å². The van der Waals surface area contributed by atoms with Gasteiger partial charge in [0.1, 0.15) is 24.7 Å². The van der Waals surface area contributed by atoms with Crippen LogP contribution in [0.5, 0.6) is 11.5 Å². The zero-order chi connectivity index (χ0) is 58.1. The van der Waals surface area contributed by atoms with Crippen LogP contribution < -0.4 is 9.47 Å². The van der Waals surface area contributed by atoms with Gasteiger partial charge >= 0.3 is 0 Å². The third-order valence-corrected chi connectivity index (χ3v) is 19.3. The second-order valence-corrected chi connectivity index (χ2v) is 24.0. The molecule has 13 aromatic rings. The van der Waals surface area contributed by atoms with Gasteiger partial charge in [0.15, 0.2) is 0 Å². The first-order valence-electron chi connectivity index (χ1n) is 31.4. The highest BCUT2D eigenvalue weighted by atomic mass is 16.6. The fourth-order valence-electron chi connectivity index (χ4n) is 15.6. The molecule has 4 unspecified atom stereocenters. The maximum Gasteiger partial charge on any atom is 0.128 e. The first-order chi connectivity index (χ1) is 43.7. The molecule has 10 aliphatic rings. The average Bonchev–Trinajstić information content (AvgIpc) is 0.707. The second kappa shape index (κ2) is 22.8. The van der Waals surface area contributed by atoms with E-state index in [-0.39, 0.29) is 23.7 Å². The van der Waals surface area contributed by atoms with Crippen LogP contribution in [-0.4, -0.2) is 79.3 Å². The van der Waals surface area contributed by atoms with Gasteiger partial charge in [0, 0.05) is 45.9 Å². The SMILES string of the molecule is c1ccc2c(c1)C1c3ccc(cc3)C2c2c(OCCOCCOCCOCc3ccc4ccc5cccc6ccc3c4c56)c3c(c(OCCOCCOCCOCc4ccc5ccc6cccc7ccc4c5c67)c21)C1c2ccc(cc2)C3c2ccccc21. The van der Waals surface area contributed by atoms with Gasteiger partial charge < -0.3 is 37.9 Å². The Bertz CT molecular complexity index is 4290. The highest BCUT2D eigenvalue weighted by molar-refractivity contribution is 6.24. The summed E-state index contributed by atoms with van der Waals surface area (Å²) in [4.78, 5) is 0. The Hall–Kier alpha value is -8.70. The number of hydrogen-bond acceptors (Lipinski definition) is 8. The van der Waals surface area contributed by atoms with Gasteiger partial charge in [0.05, 0.1) is 79.3 Å². The van der Waals surface area contributed by atoms with Crippen molar-refractivity contribution < 1.29 is 37.9 Å². The topological polar surface area (TPSA) is 73.8 Å². The third-order valence-electron chi connectivity index (χ3n) is 19.3. The summed E-state index contributed by atoms with van der Waals surface area (Å²) < 4.78 is 52.0. The van der Waals surface area contributed by atoms with Gasteiger partial charge in [-0.15, -0.1) is 0 Å². The summed E-state index contributed by atoms with van der Waals surface area (Å²) in [5, 5.41) is 15.3. The molecule has 10 aliphatic carbocycles. The molecule has 434 valence electrons. The van der Waals surface area contributed by atoms with Gasteiger partial charge in [-0.2, -0.15) is 0 Å². The van der Waals surface area contributed by atoms with Crippen molar-refractivity contribution in [3.05, 3.63) is 284 Å². The molecule has 0 spiro atoms. The summed E-state index contributed by atoms with van der Waals surface area (Å²) in [6.45, 7) is 6.38. The molecule has 0 aromatic heterocycles. The second-order valence-electron chi connectivity index (χ2n) is 24.0. The first kappa shape index (κ1) is 53.5. The van der Waals surface area contributed by atoms with Crippen LogP contribution in [-0.2, 0) is 41.6 Å². The van der Waals surface area contributed by atoms with E-state index in [1.54, 1.807) is 0 Å². The normalized spacial score (nSPS) is 16.6. The summed E-state index contributed by atoms with van der Waals surface area (Å²) in [7, 11) is 0. The standard InChI is InChI=1S/C80H66O8/c1-2-12-64-63(11-1)71-55-19-21-56(22-20-55)72(64)76-75(71)79(87-45-43-83-37-35-81-39-41-85-47-59-29-27-53-17-15-49-7-5-9-51-31-33-61(59)69(53)67(49)51)77-73-57-23-25-58(26-24-57)74(66-14-4-3-13-65(66)73)78(77)80(76)88-46-44-84-38-36-82-40-42-86-48-60-30-28-54-18-16-50-8-6-10-52-32-34-62(60)70(54)68(50)52/h1-34,71-74H,35-48H2. The van der Waals surface area contributed by atoms with E-state index in [4.69, 9.17) is 37.9 Å². The van der Waals surface area contributed by atoms with Crippen molar-refractivity contribution in [2.45, 2.75) is 36.9 Å². The molecule has 0 saturated carbocycles. The van der Waals surface area contributed by atoms with Crippen LogP contribution in [0, 0.1) is 0 Å². The van der Waals surface area contributed by atoms with Crippen LogP contribution >= 0.6 is 0 Å². The van der Waals surface area contributed by atoms with Crippen molar-refractivity contribution in [2.75, 3.05) is 79.3 Å². The average molecular weight is 1160 g/mol. The molecule has 0 N–H and O–H groups in total. The lowest BCUT2D eigenvalue weighted by molar-refractivity contribution is 0.00579. The molecule has 0 heterocycles. The lowest BCUT2D eigenvalue weighted by atomic mass is 9.60. The van der Waals surface area contributed by atoms with E-state index in [0.29, 0.717) is 92.5 Å². The zero-order valence-corrected chi connectivity index (χ0v) is 49.1. The van der Waals surface area contributed by atoms with Crippen LogP contribution in [0.1, 0.15) is 102 Å². The number of benzene rings is 13. The van der Waals surface area contributed by atoms with Crippen LogP contribution in [0.25, 0.3) is 64.6 Å². The molecular weight excluding hydrogens is 1090 g/mol. The lowest BCUT2D eigenvalue weighted by Gasteiger charge is -2.45. The maximum absolute atomic E-state index is 7.41. The minimum absolute atomic E-state index is 0.0804. The van der Waals surface area contributed by atoms with E-state index in [1.807, 2.05) is 0 Å². The van der Waals surface area contributed by atoms with Crippen molar-refractivity contribution in [1.82, 2.24) is 0 Å². The van der Waals surface area contributed by atoms with Gasteiger partial charge in [0.25, 0.3) is 0 Å². The minimum atomic E-state index is -0.0804. The summed E-state index contributed by atoms with van der Waals surface area (Å²) in [6, 6.07) is 76.3.